The normalized spacial score (nSPS) is 13.8. The highest BCUT2D eigenvalue weighted by molar-refractivity contribution is 6.00. The molecule has 0 aromatic carbocycles. The van der Waals surface area contributed by atoms with Gasteiger partial charge in [0.15, 0.2) is 6.23 Å². The molecule has 0 fully saturated rings. The molecular weight excluding hydrogens is 537 g/mol. The lowest BCUT2D eigenvalue weighted by molar-refractivity contribution is -0.155. The van der Waals surface area contributed by atoms with E-state index in [9.17, 15) is 14.0 Å². The number of aromatic nitrogens is 4. The average molecular weight is 574 g/mol. The first-order chi connectivity index (χ1) is 20.1. The van der Waals surface area contributed by atoms with Crippen LogP contribution in [0.25, 0.3) is 33.3 Å². The number of likely N-dealkylation sites (N-methyl/N-ethyl adjacent to an activating group) is 1. The number of halogens is 1. The zero-order valence-electron chi connectivity index (χ0n) is 24.4. The van der Waals surface area contributed by atoms with Gasteiger partial charge in [-0.15, -0.1) is 0 Å². The van der Waals surface area contributed by atoms with Gasteiger partial charge in [0.1, 0.15) is 11.7 Å². The zero-order chi connectivity index (χ0) is 30.4. The van der Waals surface area contributed by atoms with Gasteiger partial charge in [-0.05, 0) is 50.7 Å². The number of nitrogens with one attached hydrogen (secondary N) is 1. The van der Waals surface area contributed by atoms with Crippen molar-refractivity contribution in [3.63, 3.8) is 0 Å². The van der Waals surface area contributed by atoms with E-state index in [-0.39, 0.29) is 11.8 Å². The van der Waals surface area contributed by atoms with Crippen molar-refractivity contribution in [1.82, 2.24) is 24.4 Å². The Morgan fingerprint density at radius 2 is 1.88 bits per heavy atom. The largest absolute Gasteiger partial charge is 0.440 e. The number of rotatable bonds is 11. The first-order valence-electron chi connectivity index (χ1n) is 13.7. The molecule has 0 radical (unpaired) electrons. The number of nitrogens with zero attached hydrogens (tertiary/aromatic N) is 5. The topological polar surface area (TPSA) is 128 Å². The lowest BCUT2D eigenvalue weighted by Gasteiger charge is -2.21. The second-order valence-electron chi connectivity index (χ2n) is 10.5. The Balaban J connectivity index is 1.70. The summed E-state index contributed by atoms with van der Waals surface area (Å²) in [5.74, 6) is -1.43. The lowest BCUT2D eigenvalue weighted by atomic mass is 10.0. The minimum atomic E-state index is -0.753. The number of anilines is 1. The molecule has 10 nitrogen and oxygen atoms in total. The predicted molar refractivity (Wildman–Crippen MR) is 161 cm³/mol. The Hall–Kier alpha value is -4.48. The molecule has 4 aromatic heterocycles. The maximum Gasteiger partial charge on any atom is 0.325 e. The van der Waals surface area contributed by atoms with Crippen LogP contribution in [0.3, 0.4) is 0 Å². The van der Waals surface area contributed by atoms with Crippen LogP contribution in [-0.2, 0) is 14.3 Å². The molecule has 0 aliphatic heterocycles. The van der Waals surface area contributed by atoms with Gasteiger partial charge in [0, 0.05) is 65.6 Å². The van der Waals surface area contributed by atoms with Crippen molar-refractivity contribution >= 4 is 28.6 Å². The number of amides is 1. The fourth-order valence-electron chi connectivity index (χ4n) is 4.38. The molecule has 4 aromatic rings. The number of carbonyl (C=O) groups is 2. The maximum atomic E-state index is 14.1. The molecule has 0 aliphatic rings. The fourth-order valence-corrected chi connectivity index (χ4v) is 4.38. The Labute approximate surface area is 244 Å². The van der Waals surface area contributed by atoms with Crippen LogP contribution >= 0.6 is 0 Å². The van der Waals surface area contributed by atoms with Crippen molar-refractivity contribution in [1.29, 1.82) is 0 Å². The number of carbonyl (C=O) groups excluding carboxylic acids is 2. The molecule has 11 heteroatoms. The van der Waals surface area contributed by atoms with Crippen LogP contribution in [-0.4, -0.2) is 63.0 Å². The predicted octanol–water partition coefficient (Wildman–Crippen LogP) is 4.79. The highest BCUT2D eigenvalue weighted by Crippen LogP contribution is 2.35. The van der Waals surface area contributed by atoms with Crippen molar-refractivity contribution in [2.24, 2.45) is 11.7 Å². The Kier molecular flexibility index (Phi) is 9.76. The second kappa shape index (κ2) is 13.5. The Bertz CT molecular complexity index is 1600. The monoisotopic (exact) mass is 573 g/mol. The van der Waals surface area contributed by atoms with Crippen molar-refractivity contribution in [2.75, 3.05) is 26.0 Å². The van der Waals surface area contributed by atoms with Crippen molar-refractivity contribution in [3.05, 3.63) is 73.3 Å². The third kappa shape index (κ3) is 7.23. The molecule has 0 spiro atoms. The molecular formula is C31H36FN7O3. The minimum Gasteiger partial charge on any atom is -0.440 e. The highest BCUT2D eigenvalue weighted by atomic mass is 19.1. The summed E-state index contributed by atoms with van der Waals surface area (Å²) in [4.78, 5) is 39.7. The van der Waals surface area contributed by atoms with Gasteiger partial charge in [0.2, 0.25) is 11.9 Å². The van der Waals surface area contributed by atoms with Gasteiger partial charge in [-0.25, -0.2) is 9.97 Å². The summed E-state index contributed by atoms with van der Waals surface area (Å²) in [6, 6.07) is 5.99. The van der Waals surface area contributed by atoms with Crippen LogP contribution in [0, 0.1) is 11.9 Å². The number of ether oxygens (including phenoxy) is 1. The van der Waals surface area contributed by atoms with E-state index in [0.29, 0.717) is 34.4 Å². The molecule has 0 saturated carbocycles. The van der Waals surface area contributed by atoms with Crippen molar-refractivity contribution < 1.29 is 18.7 Å². The molecule has 1 amide bonds. The molecule has 0 bridgehead atoms. The van der Waals surface area contributed by atoms with E-state index in [0.717, 1.165) is 17.5 Å². The summed E-state index contributed by atoms with van der Waals surface area (Å²) in [5.41, 5.74) is 9.88. The van der Waals surface area contributed by atoms with Crippen molar-refractivity contribution in [3.8, 4) is 22.3 Å². The van der Waals surface area contributed by atoms with Gasteiger partial charge >= 0.3 is 5.97 Å². The van der Waals surface area contributed by atoms with Gasteiger partial charge in [-0.1, -0.05) is 26.3 Å². The molecule has 4 rings (SSSR count). The molecule has 42 heavy (non-hydrogen) atoms. The maximum absolute atomic E-state index is 14.1. The fraction of sp³-hybridized carbons (Fsp3) is 0.323. The Morgan fingerprint density at radius 1 is 1.12 bits per heavy atom. The van der Waals surface area contributed by atoms with Gasteiger partial charge < -0.3 is 20.7 Å². The summed E-state index contributed by atoms with van der Waals surface area (Å²) in [6.45, 7) is 6.24. The second-order valence-corrected chi connectivity index (χ2v) is 10.5. The van der Waals surface area contributed by atoms with E-state index in [1.165, 1.54) is 18.3 Å². The van der Waals surface area contributed by atoms with Gasteiger partial charge in [0.05, 0.1) is 11.9 Å². The highest BCUT2D eigenvalue weighted by Gasteiger charge is 2.25. The van der Waals surface area contributed by atoms with Crippen LogP contribution < -0.4 is 11.1 Å². The lowest BCUT2D eigenvalue weighted by Crippen LogP contribution is -2.38. The molecule has 220 valence electrons. The first-order valence-corrected chi connectivity index (χ1v) is 13.7. The summed E-state index contributed by atoms with van der Waals surface area (Å²) in [7, 11) is 3.84. The standard InChI is InChI=1S/C31H36FN7O3/c1-6-19(2)29(33)31(41)42-20(3)39-18-26(21-9-10-35-27(32)14-21)25-13-23(16-36-30(25)39)22-12-24(17-34-15-22)37-28(40)8-7-11-38(4)5/h7-10,12-20,29H,6,11,33H2,1-5H3,(H,37,40)/b8-7+. The zero-order valence-corrected chi connectivity index (χ0v) is 24.4. The first kappa shape index (κ1) is 30.5. The quantitative estimate of drug-likeness (QED) is 0.149. The summed E-state index contributed by atoms with van der Waals surface area (Å²) >= 11 is 0. The van der Waals surface area contributed by atoms with Gasteiger partial charge in [-0.3, -0.25) is 19.1 Å². The van der Waals surface area contributed by atoms with Crippen LogP contribution in [0.4, 0.5) is 10.1 Å². The van der Waals surface area contributed by atoms with E-state index in [2.05, 4.69) is 15.3 Å². The van der Waals surface area contributed by atoms with E-state index < -0.39 is 24.2 Å². The van der Waals surface area contributed by atoms with E-state index in [1.807, 2.05) is 38.9 Å². The van der Waals surface area contributed by atoms with Gasteiger partial charge in [-0.2, -0.15) is 4.39 Å². The molecule has 3 N–H and O–H groups in total. The molecule has 3 unspecified atom stereocenters. The number of pyridine rings is 3. The smallest absolute Gasteiger partial charge is 0.325 e. The van der Waals surface area contributed by atoms with Gasteiger partial charge in [0.25, 0.3) is 0 Å². The number of nitrogens with two attached hydrogens (primary N) is 1. The van der Waals surface area contributed by atoms with E-state index >= 15 is 0 Å². The third-order valence-corrected chi connectivity index (χ3v) is 6.99. The number of hydrogen-bond acceptors (Lipinski definition) is 8. The third-order valence-electron chi connectivity index (χ3n) is 6.99. The molecule has 0 saturated heterocycles. The minimum absolute atomic E-state index is 0.0367. The number of esters is 1. The number of hydrogen-bond donors (Lipinski definition) is 2. The summed E-state index contributed by atoms with van der Waals surface area (Å²) in [5, 5.41) is 3.53. The van der Waals surface area contributed by atoms with E-state index in [1.54, 1.807) is 54.5 Å². The van der Waals surface area contributed by atoms with Crippen LogP contribution in [0.2, 0.25) is 0 Å². The molecule has 4 heterocycles. The summed E-state index contributed by atoms with van der Waals surface area (Å²) < 4.78 is 21.6. The SMILES string of the molecule is CCC(C)C(N)C(=O)OC(C)n1cc(-c2ccnc(F)c2)c2cc(-c3cncc(NC(=O)/C=C/CN(C)C)c3)cnc21. The number of fused-ring (bicyclic) bond motifs is 1. The van der Waals surface area contributed by atoms with Crippen molar-refractivity contribution in [2.45, 2.75) is 39.5 Å². The average Bonchev–Trinajstić information content (AvgIpc) is 3.35. The van der Waals surface area contributed by atoms with Crippen LogP contribution in [0.15, 0.2) is 67.4 Å². The molecule has 0 aliphatic carbocycles. The van der Waals surface area contributed by atoms with Crippen LogP contribution in [0.5, 0.6) is 0 Å². The Morgan fingerprint density at radius 3 is 2.60 bits per heavy atom. The summed E-state index contributed by atoms with van der Waals surface area (Å²) in [6.07, 6.45) is 11.3. The molecule has 3 atom stereocenters. The van der Waals surface area contributed by atoms with Crippen LogP contribution in [0.1, 0.15) is 33.4 Å². The van der Waals surface area contributed by atoms with E-state index in [4.69, 9.17) is 15.5 Å².